The van der Waals surface area contributed by atoms with Crippen molar-refractivity contribution < 1.29 is 0 Å². The number of rotatable bonds is 6. The lowest BCUT2D eigenvalue weighted by molar-refractivity contribution is 0.271. The number of piperazine rings is 1. The summed E-state index contributed by atoms with van der Waals surface area (Å²) in [4.78, 5) is 29.0. The predicted molar refractivity (Wildman–Crippen MR) is 137 cm³/mol. The Kier molecular flexibility index (Phi) is 6.77. The average Bonchev–Trinajstić information content (AvgIpc) is 2.90. The minimum absolute atomic E-state index is 0.324. The minimum atomic E-state index is -0.324. The molecule has 2 N–H and O–H groups in total. The van der Waals surface area contributed by atoms with Crippen molar-refractivity contribution in [2.75, 3.05) is 60.9 Å². The van der Waals surface area contributed by atoms with Crippen LogP contribution in [-0.2, 0) is 0 Å². The highest BCUT2D eigenvalue weighted by Gasteiger charge is 2.23. The average molecular weight is 474 g/mol. The van der Waals surface area contributed by atoms with Crippen LogP contribution in [0.15, 0.2) is 35.3 Å². The second-order valence-electron chi connectivity index (χ2n) is 9.22. The van der Waals surface area contributed by atoms with Gasteiger partial charge in [-0.15, -0.1) is 0 Å². The van der Waals surface area contributed by atoms with E-state index in [1.54, 1.807) is 6.20 Å². The highest BCUT2D eigenvalue weighted by atomic mass is 16.1. The van der Waals surface area contributed by atoms with Crippen LogP contribution < -0.4 is 20.7 Å². The van der Waals surface area contributed by atoms with Gasteiger partial charge in [0.05, 0.1) is 12.3 Å². The number of fused-ring (bicyclic) bond motifs is 1. The van der Waals surface area contributed by atoms with Crippen molar-refractivity contribution in [3.05, 3.63) is 40.8 Å². The molecule has 3 aromatic rings. The van der Waals surface area contributed by atoms with Gasteiger partial charge in [-0.05, 0) is 49.6 Å². The normalized spacial score (nSPS) is 17.5. The number of benzene rings is 1. The van der Waals surface area contributed by atoms with E-state index in [1.165, 1.54) is 5.69 Å². The van der Waals surface area contributed by atoms with Gasteiger partial charge in [0, 0.05) is 57.1 Å². The quantitative estimate of drug-likeness (QED) is 0.557. The summed E-state index contributed by atoms with van der Waals surface area (Å²) in [5.74, 6) is 1.47. The van der Waals surface area contributed by atoms with Crippen LogP contribution >= 0.6 is 0 Å². The fourth-order valence-electron chi connectivity index (χ4n) is 4.90. The predicted octanol–water partition coefficient (Wildman–Crippen LogP) is 2.73. The highest BCUT2D eigenvalue weighted by molar-refractivity contribution is 5.90. The minimum Gasteiger partial charge on any atom is -0.369 e. The second-order valence-corrected chi connectivity index (χ2v) is 9.22. The third-order valence-electron chi connectivity index (χ3n) is 7.10. The van der Waals surface area contributed by atoms with Crippen molar-refractivity contribution in [1.82, 2.24) is 25.1 Å². The molecule has 0 amide bonds. The number of anilines is 4. The molecule has 0 spiro atoms. The lowest BCUT2D eigenvalue weighted by atomic mass is 9.94. The van der Waals surface area contributed by atoms with Gasteiger partial charge >= 0.3 is 0 Å². The molecule has 2 aliphatic heterocycles. The molecule has 4 heterocycles. The lowest BCUT2D eigenvalue weighted by Gasteiger charge is -2.35. The van der Waals surface area contributed by atoms with Crippen LogP contribution in [0.3, 0.4) is 0 Å². The molecule has 10 nitrogen and oxygen atoms in total. The van der Waals surface area contributed by atoms with Gasteiger partial charge in [-0.1, -0.05) is 6.92 Å². The zero-order valence-corrected chi connectivity index (χ0v) is 20.1. The number of hydrogen-bond donors (Lipinski definition) is 2. The van der Waals surface area contributed by atoms with Crippen LogP contribution in [0.4, 0.5) is 23.1 Å². The van der Waals surface area contributed by atoms with Gasteiger partial charge in [0.15, 0.2) is 0 Å². The Morgan fingerprint density at radius 2 is 1.80 bits per heavy atom. The number of nitriles is 1. The number of hydrogen-bond acceptors (Lipinski definition) is 9. The second kappa shape index (κ2) is 10.3. The molecule has 0 aliphatic carbocycles. The molecule has 182 valence electrons. The third kappa shape index (κ3) is 5.05. The zero-order valence-electron chi connectivity index (χ0n) is 20.1. The Balaban J connectivity index is 1.38. The molecule has 2 aromatic heterocycles. The molecule has 0 unspecified atom stereocenters. The van der Waals surface area contributed by atoms with Gasteiger partial charge in [-0.2, -0.15) is 15.3 Å². The van der Waals surface area contributed by atoms with Crippen LogP contribution in [0.5, 0.6) is 0 Å². The van der Waals surface area contributed by atoms with Crippen LogP contribution in [0, 0.1) is 17.2 Å². The molecule has 2 saturated heterocycles. The number of nitrogens with one attached hydrogen (secondary N) is 2. The number of aromatic nitrogens is 4. The van der Waals surface area contributed by atoms with Crippen molar-refractivity contribution in [1.29, 1.82) is 5.26 Å². The fraction of sp³-hybridized carbons (Fsp3) is 0.480. The first-order chi connectivity index (χ1) is 17.1. The van der Waals surface area contributed by atoms with E-state index in [-0.39, 0.29) is 5.56 Å². The first kappa shape index (κ1) is 23.1. The summed E-state index contributed by atoms with van der Waals surface area (Å²) in [5, 5.41) is 19.2. The van der Waals surface area contributed by atoms with E-state index in [9.17, 15) is 4.79 Å². The molecule has 5 rings (SSSR count). The summed E-state index contributed by atoms with van der Waals surface area (Å²) >= 11 is 0. The maximum atomic E-state index is 12.6. The van der Waals surface area contributed by atoms with Crippen LogP contribution in [0.1, 0.15) is 26.2 Å². The fourth-order valence-corrected chi connectivity index (χ4v) is 4.90. The van der Waals surface area contributed by atoms with Crippen molar-refractivity contribution in [3.63, 3.8) is 0 Å². The van der Waals surface area contributed by atoms with Crippen molar-refractivity contribution in [2.24, 2.45) is 5.92 Å². The molecular formula is C25H31N9O. The Morgan fingerprint density at radius 1 is 1.06 bits per heavy atom. The van der Waals surface area contributed by atoms with Crippen molar-refractivity contribution in [3.8, 4) is 6.07 Å². The summed E-state index contributed by atoms with van der Waals surface area (Å²) in [6.07, 6.45) is 4.01. The topological polar surface area (TPSA) is 117 Å². The van der Waals surface area contributed by atoms with Gasteiger partial charge in [0.2, 0.25) is 5.95 Å². The van der Waals surface area contributed by atoms with Crippen LogP contribution in [0.2, 0.25) is 0 Å². The standard InChI is InChI=1S/C25H31N9O/c1-2-32-13-15-33(16-14-32)20-5-3-19(4-6-20)28-23-22-21(17-27-31-24(22)35)29-25(30-23)34-11-8-18(7-10-26)9-12-34/h3-6,17-18H,2,7-9,11-16H2,1H3,(H,31,35)(H,28,29,30). The number of nitrogens with zero attached hydrogens (tertiary/aromatic N) is 7. The van der Waals surface area contributed by atoms with Crippen LogP contribution in [-0.4, -0.2) is 70.9 Å². The Morgan fingerprint density at radius 3 is 2.49 bits per heavy atom. The number of piperidine rings is 1. The molecule has 1 aromatic carbocycles. The molecule has 0 saturated carbocycles. The number of likely N-dealkylation sites (N-methyl/N-ethyl adjacent to an activating group) is 1. The molecule has 35 heavy (non-hydrogen) atoms. The van der Waals surface area contributed by atoms with E-state index in [2.05, 4.69) is 60.3 Å². The Hall–Kier alpha value is -3.71. The highest BCUT2D eigenvalue weighted by Crippen LogP contribution is 2.28. The first-order valence-electron chi connectivity index (χ1n) is 12.4. The third-order valence-corrected chi connectivity index (χ3v) is 7.10. The van der Waals surface area contributed by atoms with E-state index >= 15 is 0 Å². The molecular weight excluding hydrogens is 442 g/mol. The summed E-state index contributed by atoms with van der Waals surface area (Å²) in [6, 6.07) is 10.6. The van der Waals surface area contributed by atoms with E-state index in [4.69, 9.17) is 10.2 Å². The van der Waals surface area contributed by atoms with E-state index in [1.807, 2.05) is 12.1 Å². The van der Waals surface area contributed by atoms with Gasteiger partial charge < -0.3 is 20.0 Å². The molecule has 0 bridgehead atoms. The Labute approximate surface area is 204 Å². The Bertz CT molecular complexity index is 1250. The summed E-state index contributed by atoms with van der Waals surface area (Å²) in [5.41, 5.74) is 2.23. The lowest BCUT2D eigenvalue weighted by Crippen LogP contribution is -2.46. The summed E-state index contributed by atoms with van der Waals surface area (Å²) < 4.78 is 0. The van der Waals surface area contributed by atoms with Gasteiger partial charge in [-0.3, -0.25) is 4.79 Å². The molecule has 10 heteroatoms. The maximum absolute atomic E-state index is 12.6. The molecule has 2 aliphatic rings. The van der Waals surface area contributed by atoms with Gasteiger partial charge in [-0.25, -0.2) is 10.1 Å². The first-order valence-corrected chi connectivity index (χ1v) is 12.4. The van der Waals surface area contributed by atoms with Gasteiger partial charge in [0.1, 0.15) is 16.7 Å². The summed E-state index contributed by atoms with van der Waals surface area (Å²) in [6.45, 7) is 9.08. The zero-order chi connectivity index (χ0) is 24.2. The molecule has 0 atom stereocenters. The number of H-pyrrole nitrogens is 1. The van der Waals surface area contributed by atoms with Gasteiger partial charge in [0.25, 0.3) is 5.56 Å². The summed E-state index contributed by atoms with van der Waals surface area (Å²) in [7, 11) is 0. The van der Waals surface area contributed by atoms with E-state index < -0.39 is 0 Å². The monoisotopic (exact) mass is 473 g/mol. The largest absolute Gasteiger partial charge is 0.369 e. The van der Waals surface area contributed by atoms with E-state index in [0.717, 1.165) is 64.3 Å². The SMILES string of the molecule is CCN1CCN(c2ccc(Nc3nc(N4CCC(CC#N)CC4)nc4cn[nH]c(=O)c34)cc2)CC1. The molecule has 0 radical (unpaired) electrons. The number of aromatic amines is 1. The van der Waals surface area contributed by atoms with Crippen molar-refractivity contribution >= 4 is 34.0 Å². The molecule has 2 fully saturated rings. The maximum Gasteiger partial charge on any atom is 0.277 e. The van der Waals surface area contributed by atoms with E-state index in [0.29, 0.717) is 35.0 Å². The van der Waals surface area contributed by atoms with Crippen molar-refractivity contribution in [2.45, 2.75) is 26.2 Å². The van der Waals surface area contributed by atoms with Crippen LogP contribution in [0.25, 0.3) is 10.9 Å². The smallest absolute Gasteiger partial charge is 0.277 e.